The zero-order chi connectivity index (χ0) is 16.3. The molecule has 0 aliphatic rings. The van der Waals surface area contributed by atoms with Crippen molar-refractivity contribution in [3.8, 4) is 0 Å². The van der Waals surface area contributed by atoms with Gasteiger partial charge in [-0.25, -0.2) is 4.79 Å². The molecule has 1 aromatic heterocycles. The van der Waals surface area contributed by atoms with E-state index in [1.807, 2.05) is 4.90 Å². The topological polar surface area (TPSA) is 73.4 Å². The molecule has 21 heavy (non-hydrogen) atoms. The molecule has 0 aliphatic heterocycles. The number of carboxylic acid groups (broad SMARTS) is 1. The van der Waals surface area contributed by atoms with E-state index in [4.69, 9.17) is 5.11 Å². The molecule has 0 bridgehead atoms. The van der Waals surface area contributed by atoms with Crippen LogP contribution in [0.25, 0.3) is 0 Å². The van der Waals surface area contributed by atoms with Gasteiger partial charge < -0.3 is 15.0 Å². The predicted molar refractivity (Wildman–Crippen MR) is 82.8 cm³/mol. The fourth-order valence-corrected chi connectivity index (χ4v) is 2.56. The maximum Gasteiger partial charge on any atom is 0.352 e. The molecule has 0 fully saturated rings. The van der Waals surface area contributed by atoms with E-state index in [1.165, 1.54) is 0 Å². The second-order valence-corrected chi connectivity index (χ2v) is 6.43. The first-order valence-electron chi connectivity index (χ1n) is 7.36. The quantitative estimate of drug-likeness (QED) is 0.846. The van der Waals surface area contributed by atoms with E-state index in [-0.39, 0.29) is 11.6 Å². The summed E-state index contributed by atoms with van der Waals surface area (Å²) in [5, 5.41) is 9.16. The minimum Gasteiger partial charge on any atom is -0.477 e. The number of amides is 1. The Kier molecular flexibility index (Phi) is 5.58. The van der Waals surface area contributed by atoms with Crippen molar-refractivity contribution in [2.45, 2.75) is 41.5 Å². The third-order valence-electron chi connectivity index (χ3n) is 3.32. The Balaban J connectivity index is 3.17. The van der Waals surface area contributed by atoms with Gasteiger partial charge in [0.05, 0.1) is 5.56 Å². The first-order chi connectivity index (χ1) is 9.65. The molecule has 1 amide bonds. The Labute approximate surface area is 126 Å². The maximum absolute atomic E-state index is 12.8. The van der Waals surface area contributed by atoms with Crippen molar-refractivity contribution in [2.24, 2.45) is 11.8 Å². The number of aromatic carboxylic acids is 1. The highest BCUT2D eigenvalue weighted by atomic mass is 16.4. The second kappa shape index (κ2) is 6.78. The number of rotatable bonds is 6. The number of aryl methyl sites for hydroxylation is 1. The molecular formula is C16H26N2O3. The van der Waals surface area contributed by atoms with E-state index in [9.17, 15) is 9.59 Å². The number of aromatic amines is 1. The molecule has 0 atom stereocenters. The van der Waals surface area contributed by atoms with Crippen LogP contribution in [-0.4, -0.2) is 40.0 Å². The van der Waals surface area contributed by atoms with Crippen molar-refractivity contribution in [3.05, 3.63) is 22.5 Å². The van der Waals surface area contributed by atoms with Gasteiger partial charge in [0, 0.05) is 18.8 Å². The van der Waals surface area contributed by atoms with Gasteiger partial charge >= 0.3 is 5.97 Å². The fourth-order valence-electron chi connectivity index (χ4n) is 2.56. The number of carbonyl (C=O) groups excluding carboxylic acids is 1. The summed E-state index contributed by atoms with van der Waals surface area (Å²) < 4.78 is 0. The lowest BCUT2D eigenvalue weighted by atomic mass is 10.1. The van der Waals surface area contributed by atoms with Gasteiger partial charge in [-0.2, -0.15) is 0 Å². The van der Waals surface area contributed by atoms with E-state index >= 15 is 0 Å². The molecule has 5 nitrogen and oxygen atoms in total. The molecule has 5 heteroatoms. The van der Waals surface area contributed by atoms with Gasteiger partial charge in [-0.05, 0) is 31.2 Å². The zero-order valence-corrected chi connectivity index (χ0v) is 13.8. The molecule has 0 aliphatic carbocycles. The van der Waals surface area contributed by atoms with Crippen LogP contribution in [0.3, 0.4) is 0 Å². The van der Waals surface area contributed by atoms with E-state index in [0.29, 0.717) is 41.7 Å². The Morgan fingerprint density at radius 3 is 1.90 bits per heavy atom. The summed E-state index contributed by atoms with van der Waals surface area (Å²) in [6.45, 7) is 13.0. The van der Waals surface area contributed by atoms with Crippen LogP contribution < -0.4 is 0 Å². The Bertz CT molecular complexity index is 520. The van der Waals surface area contributed by atoms with Crippen LogP contribution in [0.4, 0.5) is 0 Å². The maximum atomic E-state index is 12.8. The van der Waals surface area contributed by atoms with Crippen molar-refractivity contribution in [1.29, 1.82) is 0 Å². The average Bonchev–Trinajstić information content (AvgIpc) is 2.62. The van der Waals surface area contributed by atoms with Crippen molar-refractivity contribution in [2.75, 3.05) is 13.1 Å². The van der Waals surface area contributed by atoms with Crippen LogP contribution >= 0.6 is 0 Å². The van der Waals surface area contributed by atoms with Crippen LogP contribution in [0, 0.1) is 25.7 Å². The van der Waals surface area contributed by atoms with Crippen molar-refractivity contribution >= 4 is 11.9 Å². The van der Waals surface area contributed by atoms with Crippen molar-refractivity contribution in [1.82, 2.24) is 9.88 Å². The summed E-state index contributed by atoms with van der Waals surface area (Å²) in [6.07, 6.45) is 0. The standard InChI is InChI=1S/C16H26N2O3/c1-9(2)7-18(8-10(3)4)15(19)13-11(5)14(16(20)21)17-12(13)6/h9-10,17H,7-8H2,1-6H3,(H,20,21). The minimum absolute atomic E-state index is 0.0869. The number of nitrogens with one attached hydrogen (secondary N) is 1. The normalized spacial score (nSPS) is 11.2. The summed E-state index contributed by atoms with van der Waals surface area (Å²) in [7, 11) is 0. The van der Waals surface area contributed by atoms with Gasteiger partial charge in [-0.3, -0.25) is 4.79 Å². The summed E-state index contributed by atoms with van der Waals surface area (Å²) in [6, 6.07) is 0. The number of nitrogens with zero attached hydrogens (tertiary/aromatic N) is 1. The Hall–Kier alpha value is -1.78. The average molecular weight is 294 g/mol. The summed E-state index contributed by atoms with van der Waals surface area (Å²) in [5.41, 5.74) is 1.73. The van der Waals surface area contributed by atoms with Gasteiger partial charge in [0.15, 0.2) is 0 Å². The van der Waals surface area contributed by atoms with Crippen LogP contribution in [0.1, 0.15) is 59.8 Å². The first-order valence-corrected chi connectivity index (χ1v) is 7.36. The van der Waals surface area contributed by atoms with E-state index in [2.05, 4.69) is 32.7 Å². The lowest BCUT2D eigenvalue weighted by Gasteiger charge is -2.26. The number of carboxylic acids is 1. The molecule has 0 saturated heterocycles. The number of aromatic nitrogens is 1. The highest BCUT2D eigenvalue weighted by molar-refractivity contribution is 6.00. The number of hydrogen-bond donors (Lipinski definition) is 2. The monoisotopic (exact) mass is 294 g/mol. The molecule has 0 saturated carbocycles. The van der Waals surface area contributed by atoms with E-state index in [1.54, 1.807) is 13.8 Å². The SMILES string of the molecule is Cc1[nH]c(C(=O)O)c(C)c1C(=O)N(CC(C)C)CC(C)C. The van der Waals surface area contributed by atoms with Gasteiger partial charge in [0.25, 0.3) is 5.91 Å². The smallest absolute Gasteiger partial charge is 0.352 e. The Morgan fingerprint density at radius 1 is 1.10 bits per heavy atom. The van der Waals surface area contributed by atoms with E-state index in [0.717, 1.165) is 0 Å². The van der Waals surface area contributed by atoms with Gasteiger partial charge in [0.1, 0.15) is 5.69 Å². The molecule has 118 valence electrons. The summed E-state index contributed by atoms with van der Waals surface area (Å²) in [5.74, 6) is -0.387. The van der Waals surface area contributed by atoms with Crippen LogP contribution in [0.5, 0.6) is 0 Å². The fraction of sp³-hybridized carbons (Fsp3) is 0.625. The zero-order valence-electron chi connectivity index (χ0n) is 13.8. The van der Waals surface area contributed by atoms with Crippen molar-refractivity contribution in [3.63, 3.8) is 0 Å². The van der Waals surface area contributed by atoms with Crippen LogP contribution in [0.2, 0.25) is 0 Å². The van der Waals surface area contributed by atoms with E-state index < -0.39 is 5.97 Å². The first kappa shape index (κ1) is 17.3. The Morgan fingerprint density at radius 2 is 1.57 bits per heavy atom. The third kappa shape index (κ3) is 4.09. The number of hydrogen-bond acceptors (Lipinski definition) is 2. The van der Waals surface area contributed by atoms with Gasteiger partial charge in [0.2, 0.25) is 0 Å². The number of H-pyrrole nitrogens is 1. The summed E-state index contributed by atoms with van der Waals surface area (Å²) in [4.78, 5) is 28.6. The molecular weight excluding hydrogens is 268 g/mol. The molecule has 0 aromatic carbocycles. The minimum atomic E-state index is -1.03. The highest BCUT2D eigenvalue weighted by Crippen LogP contribution is 2.21. The lowest BCUT2D eigenvalue weighted by molar-refractivity contribution is 0.0690. The molecule has 0 radical (unpaired) electrons. The lowest BCUT2D eigenvalue weighted by Crippen LogP contribution is -2.37. The predicted octanol–water partition coefficient (Wildman–Crippen LogP) is 3.08. The van der Waals surface area contributed by atoms with Crippen LogP contribution in [0.15, 0.2) is 0 Å². The number of carbonyl (C=O) groups is 2. The molecule has 2 N–H and O–H groups in total. The molecule has 0 unspecified atom stereocenters. The molecule has 0 spiro atoms. The van der Waals surface area contributed by atoms with Crippen molar-refractivity contribution < 1.29 is 14.7 Å². The van der Waals surface area contributed by atoms with Gasteiger partial charge in [-0.15, -0.1) is 0 Å². The largest absolute Gasteiger partial charge is 0.477 e. The molecule has 1 rings (SSSR count). The highest BCUT2D eigenvalue weighted by Gasteiger charge is 2.26. The second-order valence-electron chi connectivity index (χ2n) is 6.43. The molecule has 1 heterocycles. The van der Waals surface area contributed by atoms with Gasteiger partial charge in [-0.1, -0.05) is 27.7 Å². The third-order valence-corrected chi connectivity index (χ3v) is 3.32. The van der Waals surface area contributed by atoms with Crippen LogP contribution in [-0.2, 0) is 0 Å². The summed E-state index contributed by atoms with van der Waals surface area (Å²) >= 11 is 0. The molecule has 1 aromatic rings.